The van der Waals surface area contributed by atoms with Gasteiger partial charge in [0.05, 0.1) is 6.54 Å². The van der Waals surface area contributed by atoms with E-state index in [0.29, 0.717) is 11.5 Å². The van der Waals surface area contributed by atoms with Crippen LogP contribution in [0.5, 0.6) is 11.5 Å². The molecule has 0 aliphatic carbocycles. The fourth-order valence-electron chi connectivity index (χ4n) is 1.68. The van der Waals surface area contributed by atoms with E-state index in [1.807, 2.05) is 0 Å². The van der Waals surface area contributed by atoms with Crippen LogP contribution in [0.4, 0.5) is 0 Å². The van der Waals surface area contributed by atoms with Crippen molar-refractivity contribution in [1.29, 1.82) is 0 Å². The Hall–Kier alpha value is -3.03. The van der Waals surface area contributed by atoms with Crippen LogP contribution >= 0.6 is 0 Å². The van der Waals surface area contributed by atoms with Crippen LogP contribution in [0, 0.1) is 0 Å². The SMILES string of the molecule is CNC(=O)CNC(=O)COC(=O)/C=C/c1ccc2c(c1)OCO2. The van der Waals surface area contributed by atoms with Crippen LogP contribution in [0.2, 0.25) is 0 Å². The molecule has 0 bridgehead atoms. The molecule has 1 aliphatic heterocycles. The van der Waals surface area contributed by atoms with Crippen molar-refractivity contribution < 1.29 is 28.6 Å². The monoisotopic (exact) mass is 320 g/mol. The summed E-state index contributed by atoms with van der Waals surface area (Å²) in [6.45, 7) is -0.447. The van der Waals surface area contributed by atoms with Crippen LogP contribution in [-0.2, 0) is 19.1 Å². The number of hydrogen-bond donors (Lipinski definition) is 2. The van der Waals surface area contributed by atoms with Crippen LogP contribution in [0.25, 0.3) is 6.08 Å². The van der Waals surface area contributed by atoms with Gasteiger partial charge in [0.1, 0.15) is 0 Å². The molecule has 1 aromatic rings. The van der Waals surface area contributed by atoms with Crippen molar-refractivity contribution in [2.24, 2.45) is 0 Å². The van der Waals surface area contributed by atoms with E-state index in [1.54, 1.807) is 18.2 Å². The van der Waals surface area contributed by atoms with Crippen molar-refractivity contribution in [2.75, 3.05) is 27.0 Å². The number of carbonyl (C=O) groups is 3. The molecule has 0 aromatic heterocycles. The summed E-state index contributed by atoms with van der Waals surface area (Å²) in [7, 11) is 1.45. The minimum Gasteiger partial charge on any atom is -0.454 e. The van der Waals surface area contributed by atoms with E-state index in [9.17, 15) is 14.4 Å². The predicted molar refractivity (Wildman–Crippen MR) is 79.6 cm³/mol. The van der Waals surface area contributed by atoms with E-state index in [4.69, 9.17) is 14.2 Å². The summed E-state index contributed by atoms with van der Waals surface area (Å²) in [5, 5.41) is 4.66. The molecule has 0 atom stereocenters. The molecule has 0 fully saturated rings. The number of esters is 1. The van der Waals surface area contributed by atoms with Gasteiger partial charge in [-0.15, -0.1) is 0 Å². The molecule has 1 aliphatic rings. The van der Waals surface area contributed by atoms with Gasteiger partial charge in [-0.3, -0.25) is 9.59 Å². The molecule has 0 saturated carbocycles. The second-order valence-corrected chi connectivity index (χ2v) is 4.50. The Morgan fingerprint density at radius 1 is 1.22 bits per heavy atom. The largest absolute Gasteiger partial charge is 0.454 e. The zero-order valence-electron chi connectivity index (χ0n) is 12.5. The Bertz CT molecular complexity index is 641. The molecule has 0 radical (unpaired) electrons. The quantitative estimate of drug-likeness (QED) is 0.557. The molecular formula is C15H16N2O6. The number of amides is 2. The van der Waals surface area contributed by atoms with Crippen molar-refractivity contribution in [2.45, 2.75) is 0 Å². The molecule has 2 N–H and O–H groups in total. The lowest BCUT2D eigenvalue weighted by Crippen LogP contribution is -2.37. The van der Waals surface area contributed by atoms with E-state index in [1.165, 1.54) is 19.2 Å². The molecule has 0 unspecified atom stereocenters. The zero-order valence-corrected chi connectivity index (χ0v) is 12.5. The van der Waals surface area contributed by atoms with Crippen LogP contribution in [0.3, 0.4) is 0 Å². The van der Waals surface area contributed by atoms with Gasteiger partial charge >= 0.3 is 5.97 Å². The first kappa shape index (κ1) is 16.3. The first-order valence-electron chi connectivity index (χ1n) is 6.80. The Morgan fingerprint density at radius 2 is 2.00 bits per heavy atom. The summed E-state index contributed by atoms with van der Waals surface area (Å²) in [6.07, 6.45) is 2.73. The Morgan fingerprint density at radius 3 is 2.78 bits per heavy atom. The van der Waals surface area contributed by atoms with Gasteiger partial charge in [-0.1, -0.05) is 6.07 Å². The van der Waals surface area contributed by atoms with Gasteiger partial charge in [-0.25, -0.2) is 4.79 Å². The molecule has 0 saturated heterocycles. The van der Waals surface area contributed by atoms with E-state index < -0.39 is 18.5 Å². The summed E-state index contributed by atoms with van der Waals surface area (Å²) in [5.41, 5.74) is 0.732. The van der Waals surface area contributed by atoms with Gasteiger partial charge in [-0.2, -0.15) is 0 Å². The van der Waals surface area contributed by atoms with Crippen LogP contribution in [-0.4, -0.2) is 44.8 Å². The Labute approximate surface area is 132 Å². The molecule has 0 spiro atoms. The molecule has 122 valence electrons. The Balaban J connectivity index is 1.76. The summed E-state index contributed by atoms with van der Waals surface area (Å²) < 4.78 is 15.2. The lowest BCUT2D eigenvalue weighted by atomic mass is 10.2. The lowest BCUT2D eigenvalue weighted by molar-refractivity contribution is -0.143. The number of likely N-dealkylation sites (N-methyl/N-ethyl adjacent to an activating group) is 1. The third-order valence-electron chi connectivity index (χ3n) is 2.88. The van der Waals surface area contributed by atoms with Crippen LogP contribution in [0.15, 0.2) is 24.3 Å². The van der Waals surface area contributed by atoms with Crippen molar-refractivity contribution in [1.82, 2.24) is 10.6 Å². The van der Waals surface area contributed by atoms with Crippen molar-refractivity contribution in [3.63, 3.8) is 0 Å². The van der Waals surface area contributed by atoms with Gasteiger partial charge in [0.15, 0.2) is 18.1 Å². The van der Waals surface area contributed by atoms with Gasteiger partial charge < -0.3 is 24.8 Å². The highest BCUT2D eigenvalue weighted by Crippen LogP contribution is 2.32. The maximum atomic E-state index is 11.5. The number of benzene rings is 1. The maximum absolute atomic E-state index is 11.5. The number of carbonyl (C=O) groups excluding carboxylic acids is 3. The normalized spacial score (nSPS) is 12.0. The highest BCUT2D eigenvalue weighted by molar-refractivity contribution is 5.90. The topological polar surface area (TPSA) is 103 Å². The summed E-state index contributed by atoms with van der Waals surface area (Å²) in [4.78, 5) is 33.8. The molecule has 8 nitrogen and oxygen atoms in total. The zero-order chi connectivity index (χ0) is 16.7. The van der Waals surface area contributed by atoms with Crippen molar-refractivity contribution in [3.8, 4) is 11.5 Å². The van der Waals surface area contributed by atoms with Crippen molar-refractivity contribution in [3.05, 3.63) is 29.8 Å². The van der Waals surface area contributed by atoms with Crippen LogP contribution < -0.4 is 20.1 Å². The second kappa shape index (κ2) is 7.83. The third kappa shape index (κ3) is 5.03. The average Bonchev–Trinajstić information content (AvgIpc) is 3.03. The minimum absolute atomic E-state index is 0.167. The number of fused-ring (bicyclic) bond motifs is 1. The second-order valence-electron chi connectivity index (χ2n) is 4.50. The third-order valence-corrected chi connectivity index (χ3v) is 2.88. The molecule has 2 rings (SSSR count). The summed E-state index contributed by atoms with van der Waals surface area (Å²) in [6, 6.07) is 5.22. The van der Waals surface area contributed by atoms with E-state index in [0.717, 1.165) is 5.56 Å². The van der Waals surface area contributed by atoms with Crippen LogP contribution in [0.1, 0.15) is 5.56 Å². The predicted octanol–water partition coefficient (Wildman–Crippen LogP) is -0.166. The molecule has 1 heterocycles. The van der Waals surface area contributed by atoms with E-state index >= 15 is 0 Å². The van der Waals surface area contributed by atoms with Crippen molar-refractivity contribution >= 4 is 23.9 Å². The highest BCUT2D eigenvalue weighted by atomic mass is 16.7. The summed E-state index contributed by atoms with van der Waals surface area (Å²) >= 11 is 0. The fourth-order valence-corrected chi connectivity index (χ4v) is 1.68. The lowest BCUT2D eigenvalue weighted by Gasteiger charge is -2.04. The smallest absolute Gasteiger partial charge is 0.331 e. The Kier molecular flexibility index (Phi) is 5.56. The highest BCUT2D eigenvalue weighted by Gasteiger charge is 2.12. The first-order valence-corrected chi connectivity index (χ1v) is 6.80. The molecule has 23 heavy (non-hydrogen) atoms. The minimum atomic E-state index is -0.669. The molecule has 8 heteroatoms. The fraction of sp³-hybridized carbons (Fsp3) is 0.267. The number of nitrogens with one attached hydrogen (secondary N) is 2. The number of ether oxygens (including phenoxy) is 3. The molecular weight excluding hydrogens is 304 g/mol. The van der Waals surface area contributed by atoms with E-state index in [-0.39, 0.29) is 19.2 Å². The average molecular weight is 320 g/mol. The molecule has 1 aromatic carbocycles. The number of rotatable bonds is 6. The van der Waals surface area contributed by atoms with Gasteiger partial charge in [0.2, 0.25) is 12.7 Å². The van der Waals surface area contributed by atoms with Gasteiger partial charge in [-0.05, 0) is 23.8 Å². The maximum Gasteiger partial charge on any atom is 0.331 e. The van der Waals surface area contributed by atoms with E-state index in [2.05, 4.69) is 10.6 Å². The van der Waals surface area contributed by atoms with Gasteiger partial charge in [0, 0.05) is 13.1 Å². The van der Waals surface area contributed by atoms with Gasteiger partial charge in [0.25, 0.3) is 5.91 Å². The summed E-state index contributed by atoms with van der Waals surface area (Å²) in [5.74, 6) is -0.310. The standard InChI is InChI=1S/C15H16N2O6/c1-16-13(18)7-17-14(19)8-21-15(20)5-3-10-2-4-11-12(6-10)23-9-22-11/h2-6H,7-9H2,1H3,(H,16,18)(H,17,19)/b5-3+. The number of hydrogen-bond acceptors (Lipinski definition) is 6. The molecule has 2 amide bonds. The first-order chi connectivity index (χ1) is 11.1.